The lowest BCUT2D eigenvalue weighted by atomic mass is 9.92. The number of hydrogen-bond acceptors (Lipinski definition) is 4. The van der Waals surface area contributed by atoms with Gasteiger partial charge in [-0.25, -0.2) is 4.79 Å². The lowest BCUT2D eigenvalue weighted by Crippen LogP contribution is -2.44. The van der Waals surface area contributed by atoms with Gasteiger partial charge in [-0.15, -0.1) is 0 Å². The van der Waals surface area contributed by atoms with Crippen LogP contribution in [0.5, 0.6) is 0 Å². The number of esters is 1. The van der Waals surface area contributed by atoms with E-state index in [1.807, 2.05) is 0 Å². The fraction of sp³-hybridized carbons (Fsp3) is 0.923. The summed E-state index contributed by atoms with van der Waals surface area (Å²) in [5.41, 5.74) is 0. The molecule has 1 heterocycles. The molecule has 0 aromatic rings. The van der Waals surface area contributed by atoms with Gasteiger partial charge >= 0.3 is 5.97 Å². The standard InChI is InChI=1S/C13H25NO3/c1-4-17-13(15)10-16-9-8-14-7-5-6-11(2)12(14)3/h11-12H,4-10H2,1-3H3. The minimum Gasteiger partial charge on any atom is -0.464 e. The van der Waals surface area contributed by atoms with Gasteiger partial charge in [0.25, 0.3) is 0 Å². The fourth-order valence-electron chi connectivity index (χ4n) is 2.28. The maximum absolute atomic E-state index is 11.0. The number of ether oxygens (including phenoxy) is 2. The molecule has 0 N–H and O–H groups in total. The maximum Gasteiger partial charge on any atom is 0.332 e. The average molecular weight is 243 g/mol. The molecule has 1 fully saturated rings. The molecule has 0 bridgehead atoms. The lowest BCUT2D eigenvalue weighted by molar-refractivity contribution is -0.148. The van der Waals surface area contributed by atoms with Crippen molar-refractivity contribution in [2.24, 2.45) is 5.92 Å². The lowest BCUT2D eigenvalue weighted by Gasteiger charge is -2.37. The first-order valence-electron chi connectivity index (χ1n) is 6.62. The van der Waals surface area contributed by atoms with Crippen molar-refractivity contribution in [3.63, 3.8) is 0 Å². The number of carbonyl (C=O) groups excluding carboxylic acids is 1. The van der Waals surface area contributed by atoms with Gasteiger partial charge in [-0.2, -0.15) is 0 Å². The van der Waals surface area contributed by atoms with E-state index in [2.05, 4.69) is 18.7 Å². The smallest absolute Gasteiger partial charge is 0.332 e. The van der Waals surface area contributed by atoms with E-state index in [-0.39, 0.29) is 12.6 Å². The highest BCUT2D eigenvalue weighted by Crippen LogP contribution is 2.22. The van der Waals surface area contributed by atoms with Crippen molar-refractivity contribution >= 4 is 5.97 Å². The van der Waals surface area contributed by atoms with Gasteiger partial charge in [-0.1, -0.05) is 6.92 Å². The Balaban J connectivity index is 2.11. The van der Waals surface area contributed by atoms with E-state index in [4.69, 9.17) is 9.47 Å². The van der Waals surface area contributed by atoms with Crippen LogP contribution in [0.2, 0.25) is 0 Å². The van der Waals surface area contributed by atoms with Crippen LogP contribution in [0, 0.1) is 5.92 Å². The van der Waals surface area contributed by atoms with E-state index in [1.54, 1.807) is 6.92 Å². The van der Waals surface area contributed by atoms with Gasteiger partial charge in [0.1, 0.15) is 6.61 Å². The Morgan fingerprint density at radius 2 is 2.18 bits per heavy atom. The Bertz CT molecular complexity index is 233. The molecule has 17 heavy (non-hydrogen) atoms. The minimum atomic E-state index is -0.271. The van der Waals surface area contributed by atoms with E-state index >= 15 is 0 Å². The second kappa shape index (κ2) is 7.67. The summed E-state index contributed by atoms with van der Waals surface area (Å²) in [5.74, 6) is 0.487. The minimum absolute atomic E-state index is 0.0750. The summed E-state index contributed by atoms with van der Waals surface area (Å²) < 4.78 is 10.1. The third kappa shape index (κ3) is 5.04. The SMILES string of the molecule is CCOC(=O)COCCN1CCCC(C)C1C. The second-order valence-corrected chi connectivity index (χ2v) is 4.75. The summed E-state index contributed by atoms with van der Waals surface area (Å²) in [5, 5.41) is 0. The number of nitrogens with zero attached hydrogens (tertiary/aromatic N) is 1. The molecule has 0 aromatic carbocycles. The molecule has 1 aliphatic rings. The van der Waals surface area contributed by atoms with Gasteiger partial charge in [-0.3, -0.25) is 4.90 Å². The van der Waals surface area contributed by atoms with Gasteiger partial charge in [0, 0.05) is 12.6 Å². The maximum atomic E-state index is 11.0. The predicted octanol–water partition coefficient (Wildman–Crippen LogP) is 1.69. The third-order valence-corrected chi connectivity index (χ3v) is 3.55. The molecule has 4 heteroatoms. The monoisotopic (exact) mass is 243 g/mol. The van der Waals surface area contributed by atoms with E-state index in [0.29, 0.717) is 19.3 Å². The van der Waals surface area contributed by atoms with Crippen molar-refractivity contribution < 1.29 is 14.3 Å². The first-order valence-corrected chi connectivity index (χ1v) is 6.62. The normalized spacial score (nSPS) is 25.8. The molecule has 1 rings (SSSR count). The summed E-state index contributed by atoms with van der Waals surface area (Å²) in [6.45, 7) is 9.53. The first kappa shape index (κ1) is 14.5. The summed E-state index contributed by atoms with van der Waals surface area (Å²) in [7, 11) is 0. The van der Waals surface area contributed by atoms with Gasteiger partial charge in [0.2, 0.25) is 0 Å². The highest BCUT2D eigenvalue weighted by atomic mass is 16.6. The van der Waals surface area contributed by atoms with Gasteiger partial charge in [-0.05, 0) is 39.2 Å². The highest BCUT2D eigenvalue weighted by molar-refractivity contribution is 5.70. The predicted molar refractivity (Wildman–Crippen MR) is 66.9 cm³/mol. The van der Waals surface area contributed by atoms with Crippen molar-refractivity contribution in [1.29, 1.82) is 0 Å². The van der Waals surface area contributed by atoms with Crippen LogP contribution >= 0.6 is 0 Å². The van der Waals surface area contributed by atoms with Crippen LogP contribution in [0.1, 0.15) is 33.6 Å². The van der Waals surface area contributed by atoms with Gasteiger partial charge in [0.15, 0.2) is 0 Å². The zero-order valence-electron chi connectivity index (χ0n) is 11.3. The van der Waals surface area contributed by atoms with Crippen LogP contribution in [-0.2, 0) is 14.3 Å². The molecular weight excluding hydrogens is 218 g/mol. The highest BCUT2D eigenvalue weighted by Gasteiger charge is 2.23. The van der Waals surface area contributed by atoms with Crippen LogP contribution in [0.15, 0.2) is 0 Å². The van der Waals surface area contributed by atoms with Crippen LogP contribution in [0.25, 0.3) is 0 Å². The quantitative estimate of drug-likeness (QED) is 0.525. The molecule has 1 aliphatic heterocycles. The second-order valence-electron chi connectivity index (χ2n) is 4.75. The van der Waals surface area contributed by atoms with Gasteiger partial charge in [0.05, 0.1) is 13.2 Å². The Labute approximate surface area is 104 Å². The zero-order valence-corrected chi connectivity index (χ0v) is 11.3. The summed E-state index contributed by atoms with van der Waals surface area (Å²) in [6, 6.07) is 0.620. The molecule has 0 aliphatic carbocycles. The number of likely N-dealkylation sites (tertiary alicyclic amines) is 1. The van der Waals surface area contributed by atoms with E-state index in [1.165, 1.54) is 12.8 Å². The third-order valence-electron chi connectivity index (χ3n) is 3.55. The van der Waals surface area contributed by atoms with Crippen molar-refractivity contribution in [3.05, 3.63) is 0 Å². The zero-order chi connectivity index (χ0) is 12.7. The molecule has 0 amide bonds. The molecule has 4 nitrogen and oxygen atoms in total. The van der Waals surface area contributed by atoms with Crippen LogP contribution in [-0.4, -0.2) is 49.8 Å². The fourth-order valence-corrected chi connectivity index (χ4v) is 2.28. The van der Waals surface area contributed by atoms with Crippen molar-refractivity contribution in [1.82, 2.24) is 4.90 Å². The Kier molecular flexibility index (Phi) is 6.52. The Morgan fingerprint density at radius 3 is 2.88 bits per heavy atom. The molecule has 0 radical (unpaired) electrons. The molecule has 2 atom stereocenters. The number of carbonyl (C=O) groups is 1. The largest absolute Gasteiger partial charge is 0.464 e. The Morgan fingerprint density at radius 1 is 1.41 bits per heavy atom. The van der Waals surface area contributed by atoms with Crippen molar-refractivity contribution in [2.75, 3.05) is 32.9 Å². The van der Waals surface area contributed by atoms with E-state index in [9.17, 15) is 4.79 Å². The van der Waals surface area contributed by atoms with Crippen LogP contribution < -0.4 is 0 Å². The van der Waals surface area contributed by atoms with E-state index < -0.39 is 0 Å². The van der Waals surface area contributed by atoms with Crippen molar-refractivity contribution in [3.8, 4) is 0 Å². The first-order chi connectivity index (χ1) is 8.15. The van der Waals surface area contributed by atoms with Crippen molar-refractivity contribution in [2.45, 2.75) is 39.7 Å². The summed E-state index contributed by atoms with van der Waals surface area (Å²) >= 11 is 0. The van der Waals surface area contributed by atoms with E-state index in [0.717, 1.165) is 19.0 Å². The van der Waals surface area contributed by atoms with Gasteiger partial charge < -0.3 is 9.47 Å². The topological polar surface area (TPSA) is 38.8 Å². The Hall–Kier alpha value is -0.610. The molecule has 0 spiro atoms. The number of piperidine rings is 1. The average Bonchev–Trinajstić information content (AvgIpc) is 2.30. The molecule has 1 saturated heterocycles. The molecule has 0 aromatic heterocycles. The van der Waals surface area contributed by atoms with Crippen LogP contribution in [0.3, 0.4) is 0 Å². The molecule has 0 saturated carbocycles. The molecule has 100 valence electrons. The van der Waals surface area contributed by atoms with Crippen LogP contribution in [0.4, 0.5) is 0 Å². The summed E-state index contributed by atoms with van der Waals surface area (Å²) in [4.78, 5) is 13.5. The number of rotatable bonds is 6. The number of hydrogen-bond donors (Lipinski definition) is 0. The molecular formula is C13H25NO3. The summed E-state index contributed by atoms with van der Waals surface area (Å²) in [6.07, 6.45) is 2.59. The molecule has 2 unspecified atom stereocenters.